The van der Waals surface area contributed by atoms with E-state index in [2.05, 4.69) is 10.2 Å². The lowest BCUT2D eigenvalue weighted by Crippen LogP contribution is -3.15. The van der Waals surface area contributed by atoms with Crippen molar-refractivity contribution in [2.24, 2.45) is 0 Å². The van der Waals surface area contributed by atoms with Crippen molar-refractivity contribution in [3.05, 3.63) is 53.8 Å². The molecule has 0 spiro atoms. The van der Waals surface area contributed by atoms with Crippen LogP contribution in [0.25, 0.3) is 0 Å². The number of hydrogen-bond donors (Lipinski definition) is 2. The Morgan fingerprint density at radius 1 is 1.07 bits per heavy atom. The molecular formula is C19H21F3N3O2+. The lowest BCUT2D eigenvalue weighted by molar-refractivity contribution is -0.892. The van der Waals surface area contributed by atoms with Crippen molar-refractivity contribution in [2.45, 2.75) is 0 Å². The van der Waals surface area contributed by atoms with Gasteiger partial charge < -0.3 is 19.9 Å². The van der Waals surface area contributed by atoms with Gasteiger partial charge in [-0.1, -0.05) is 0 Å². The number of benzene rings is 2. The van der Waals surface area contributed by atoms with Crippen LogP contribution in [0.4, 0.5) is 24.5 Å². The van der Waals surface area contributed by atoms with Crippen LogP contribution < -0.4 is 19.9 Å². The van der Waals surface area contributed by atoms with Gasteiger partial charge in [0, 0.05) is 5.69 Å². The van der Waals surface area contributed by atoms with Crippen LogP contribution >= 0.6 is 0 Å². The normalized spacial score (nSPS) is 14.9. The molecule has 0 bridgehead atoms. The average molecular weight is 380 g/mol. The van der Waals surface area contributed by atoms with Crippen LogP contribution in [-0.4, -0.2) is 45.7 Å². The lowest BCUT2D eigenvalue weighted by atomic mass is 10.2. The summed E-state index contributed by atoms with van der Waals surface area (Å²) >= 11 is 0. The van der Waals surface area contributed by atoms with Crippen molar-refractivity contribution < 1.29 is 27.6 Å². The summed E-state index contributed by atoms with van der Waals surface area (Å²) in [7, 11) is 1.62. The quantitative estimate of drug-likeness (QED) is 0.772. The zero-order valence-corrected chi connectivity index (χ0v) is 14.9. The van der Waals surface area contributed by atoms with E-state index in [0.29, 0.717) is 0 Å². The number of hydrogen-bond acceptors (Lipinski definition) is 3. The van der Waals surface area contributed by atoms with Crippen molar-refractivity contribution >= 4 is 17.3 Å². The van der Waals surface area contributed by atoms with E-state index in [1.165, 1.54) is 0 Å². The number of piperazine rings is 1. The number of anilines is 2. The highest BCUT2D eigenvalue weighted by atomic mass is 19.2. The summed E-state index contributed by atoms with van der Waals surface area (Å²) in [5.41, 5.74) is 0.735. The van der Waals surface area contributed by atoms with E-state index in [1.807, 2.05) is 24.3 Å². The molecule has 5 nitrogen and oxygen atoms in total. The summed E-state index contributed by atoms with van der Waals surface area (Å²) in [6, 6.07) is 9.58. The van der Waals surface area contributed by atoms with Crippen LogP contribution in [0.15, 0.2) is 36.4 Å². The highest BCUT2D eigenvalue weighted by molar-refractivity contribution is 5.91. The third-order valence-corrected chi connectivity index (χ3v) is 4.63. The SMILES string of the molecule is COc1ccc(N2CC[NH+](CC(=O)Nc3ccc(F)c(F)c3F)CC2)cc1. The number of rotatable bonds is 5. The molecule has 0 aliphatic carbocycles. The number of halogens is 3. The van der Waals surface area contributed by atoms with Gasteiger partial charge in [0.2, 0.25) is 0 Å². The molecule has 2 N–H and O–H groups in total. The molecular weight excluding hydrogens is 359 g/mol. The van der Waals surface area contributed by atoms with E-state index in [1.54, 1.807) is 7.11 Å². The molecule has 1 aliphatic rings. The third-order valence-electron chi connectivity index (χ3n) is 4.63. The Bertz CT molecular complexity index is 807. The van der Waals surface area contributed by atoms with Gasteiger partial charge in [0.25, 0.3) is 5.91 Å². The molecule has 27 heavy (non-hydrogen) atoms. The van der Waals surface area contributed by atoms with Crippen molar-refractivity contribution in [1.29, 1.82) is 0 Å². The van der Waals surface area contributed by atoms with E-state index in [9.17, 15) is 18.0 Å². The van der Waals surface area contributed by atoms with Crippen LogP contribution in [0, 0.1) is 17.5 Å². The first-order valence-corrected chi connectivity index (χ1v) is 8.64. The van der Waals surface area contributed by atoms with Crippen LogP contribution in [0.1, 0.15) is 0 Å². The second-order valence-corrected chi connectivity index (χ2v) is 6.38. The first-order chi connectivity index (χ1) is 13.0. The van der Waals surface area contributed by atoms with E-state index < -0.39 is 23.4 Å². The number of nitrogens with one attached hydrogen (secondary N) is 2. The maximum absolute atomic E-state index is 13.6. The second-order valence-electron chi connectivity index (χ2n) is 6.38. The van der Waals surface area contributed by atoms with Crippen LogP contribution in [0.3, 0.4) is 0 Å². The Labute approximate surface area is 155 Å². The molecule has 1 fully saturated rings. The molecule has 0 aromatic heterocycles. The molecule has 2 aromatic carbocycles. The maximum atomic E-state index is 13.6. The molecule has 0 saturated carbocycles. The number of methoxy groups -OCH3 is 1. The number of amides is 1. The molecule has 0 atom stereocenters. The highest BCUT2D eigenvalue weighted by Gasteiger charge is 2.23. The monoisotopic (exact) mass is 380 g/mol. The fraction of sp³-hybridized carbons (Fsp3) is 0.316. The Morgan fingerprint density at radius 3 is 2.37 bits per heavy atom. The molecule has 1 amide bonds. The molecule has 8 heteroatoms. The predicted molar refractivity (Wildman–Crippen MR) is 95.7 cm³/mol. The van der Waals surface area contributed by atoms with Crippen molar-refractivity contribution in [3.8, 4) is 5.75 Å². The standard InChI is InChI=1S/C19H20F3N3O2/c1-27-14-4-2-13(3-5-14)25-10-8-24(9-11-25)12-17(26)23-16-7-6-15(20)18(21)19(16)22/h2-7H,8-12H2,1H3,(H,23,26)/p+1. The molecule has 1 heterocycles. The van der Waals surface area contributed by atoms with Gasteiger partial charge in [0.15, 0.2) is 24.0 Å². The van der Waals surface area contributed by atoms with Gasteiger partial charge >= 0.3 is 0 Å². The molecule has 144 valence electrons. The highest BCUT2D eigenvalue weighted by Crippen LogP contribution is 2.20. The Morgan fingerprint density at radius 2 is 1.74 bits per heavy atom. The molecule has 0 radical (unpaired) electrons. The van der Waals surface area contributed by atoms with Crippen molar-refractivity contribution in [3.63, 3.8) is 0 Å². The predicted octanol–water partition coefficient (Wildman–Crippen LogP) is 1.46. The van der Waals surface area contributed by atoms with Gasteiger partial charge in [-0.05, 0) is 36.4 Å². The molecule has 1 aliphatic heterocycles. The first kappa shape index (κ1) is 19.0. The summed E-state index contributed by atoms with van der Waals surface area (Å²) in [4.78, 5) is 15.4. The average Bonchev–Trinajstić information content (AvgIpc) is 2.69. The van der Waals surface area contributed by atoms with Gasteiger partial charge in [-0.25, -0.2) is 13.2 Å². The Balaban J connectivity index is 1.51. The van der Waals surface area contributed by atoms with E-state index >= 15 is 0 Å². The number of carbonyl (C=O) groups excluding carboxylic acids is 1. The summed E-state index contributed by atoms with van der Waals surface area (Å²) in [6.07, 6.45) is 0. The second kappa shape index (κ2) is 8.30. The number of ether oxygens (including phenoxy) is 1. The molecule has 3 rings (SSSR count). The van der Waals surface area contributed by atoms with Crippen molar-refractivity contribution in [1.82, 2.24) is 0 Å². The smallest absolute Gasteiger partial charge is 0.279 e. The van der Waals surface area contributed by atoms with Crippen LogP contribution in [0.5, 0.6) is 5.75 Å². The Kier molecular flexibility index (Phi) is 5.85. The van der Waals surface area contributed by atoms with E-state index in [-0.39, 0.29) is 12.2 Å². The minimum absolute atomic E-state index is 0.134. The number of quaternary nitrogens is 1. The van der Waals surface area contributed by atoms with Gasteiger partial charge in [-0.3, -0.25) is 4.79 Å². The van der Waals surface area contributed by atoms with Gasteiger partial charge in [0.1, 0.15) is 5.75 Å². The fourth-order valence-electron chi connectivity index (χ4n) is 3.09. The summed E-state index contributed by atoms with van der Waals surface area (Å²) in [5.74, 6) is -3.90. The largest absolute Gasteiger partial charge is 0.497 e. The first-order valence-electron chi connectivity index (χ1n) is 8.64. The topological polar surface area (TPSA) is 46.0 Å². The fourth-order valence-corrected chi connectivity index (χ4v) is 3.09. The summed E-state index contributed by atoms with van der Waals surface area (Å²) < 4.78 is 45.0. The molecule has 2 aromatic rings. The zero-order valence-electron chi connectivity index (χ0n) is 14.9. The summed E-state index contributed by atoms with van der Waals surface area (Å²) in [5, 5.41) is 2.31. The number of carbonyl (C=O) groups is 1. The zero-order chi connectivity index (χ0) is 19.4. The molecule has 0 unspecified atom stereocenters. The minimum Gasteiger partial charge on any atom is -0.497 e. The lowest BCUT2D eigenvalue weighted by Gasteiger charge is -2.33. The van der Waals surface area contributed by atoms with Crippen molar-refractivity contribution in [2.75, 3.05) is 50.1 Å². The number of nitrogens with zero attached hydrogens (tertiary/aromatic N) is 1. The maximum Gasteiger partial charge on any atom is 0.279 e. The van der Waals surface area contributed by atoms with Crippen LogP contribution in [-0.2, 0) is 4.79 Å². The minimum atomic E-state index is -1.59. The van der Waals surface area contributed by atoms with Gasteiger partial charge in [-0.2, -0.15) is 0 Å². The van der Waals surface area contributed by atoms with E-state index in [0.717, 1.165) is 54.6 Å². The van der Waals surface area contributed by atoms with Crippen LogP contribution in [0.2, 0.25) is 0 Å². The van der Waals surface area contributed by atoms with Gasteiger partial charge in [-0.15, -0.1) is 0 Å². The van der Waals surface area contributed by atoms with E-state index in [4.69, 9.17) is 4.74 Å². The Hall–Kier alpha value is -2.74. The van der Waals surface area contributed by atoms with Gasteiger partial charge in [0.05, 0.1) is 39.0 Å². The summed E-state index contributed by atoms with van der Waals surface area (Å²) in [6.45, 7) is 3.15. The third kappa shape index (κ3) is 4.51. The molecule has 1 saturated heterocycles.